The zero-order valence-corrected chi connectivity index (χ0v) is 24.8. The molecule has 2 unspecified atom stereocenters. The average Bonchev–Trinajstić information content (AvgIpc) is 2.85. The van der Waals surface area contributed by atoms with Crippen LogP contribution in [0.3, 0.4) is 0 Å². The van der Waals surface area contributed by atoms with Crippen molar-refractivity contribution in [3.05, 3.63) is 0 Å². The molecule has 0 radical (unpaired) electrons. The van der Waals surface area contributed by atoms with Gasteiger partial charge in [-0.2, -0.15) is 0 Å². The molecule has 0 heterocycles. The van der Waals surface area contributed by atoms with Gasteiger partial charge in [-0.1, -0.05) is 129 Å². The fraction of sp³-hybridized carbons (Fsp3) is 0.933. The summed E-state index contributed by atoms with van der Waals surface area (Å²) in [5.41, 5.74) is 0. The molecule has 0 aliphatic carbocycles. The zero-order valence-electron chi connectivity index (χ0n) is 23.9. The molecule has 2 amide bonds. The van der Waals surface area contributed by atoms with Gasteiger partial charge in [-0.3, -0.25) is 9.59 Å². The number of thioether (sulfide) groups is 1. The summed E-state index contributed by atoms with van der Waals surface area (Å²) in [6, 6.07) is 0. The standard InChI is InChI=1S/C30H60N2O2S/c1-5-7-9-11-13-15-17-19-21-23-25-31-29(33)27(3)35-28(4)30(34)32-26-24-22-20-18-16-14-12-10-8-6-2/h27-28H,5-26H2,1-4H3,(H,31,33)(H,32,34). The molecule has 0 fully saturated rings. The number of carbonyl (C=O) groups is 2. The smallest absolute Gasteiger partial charge is 0.232 e. The van der Waals surface area contributed by atoms with Crippen LogP contribution >= 0.6 is 11.8 Å². The Bertz CT molecular complexity index is 445. The van der Waals surface area contributed by atoms with Crippen molar-refractivity contribution in [2.75, 3.05) is 13.1 Å². The summed E-state index contributed by atoms with van der Waals surface area (Å²) < 4.78 is 0. The summed E-state index contributed by atoms with van der Waals surface area (Å²) in [4.78, 5) is 24.7. The van der Waals surface area contributed by atoms with Crippen molar-refractivity contribution in [3.8, 4) is 0 Å². The maximum Gasteiger partial charge on any atom is 0.232 e. The van der Waals surface area contributed by atoms with Crippen LogP contribution in [0.4, 0.5) is 0 Å². The van der Waals surface area contributed by atoms with Gasteiger partial charge in [0.15, 0.2) is 0 Å². The highest BCUT2D eigenvalue weighted by atomic mass is 32.2. The first kappa shape index (κ1) is 34.3. The summed E-state index contributed by atoms with van der Waals surface area (Å²) in [5.74, 6) is 0.112. The van der Waals surface area contributed by atoms with E-state index in [0.29, 0.717) is 0 Å². The Morgan fingerprint density at radius 1 is 0.486 bits per heavy atom. The maximum atomic E-state index is 12.4. The van der Waals surface area contributed by atoms with Crippen molar-refractivity contribution in [3.63, 3.8) is 0 Å². The Kier molecular flexibility index (Phi) is 25.8. The largest absolute Gasteiger partial charge is 0.355 e. The third kappa shape index (κ3) is 23.4. The van der Waals surface area contributed by atoms with Gasteiger partial charge in [0.25, 0.3) is 0 Å². The van der Waals surface area contributed by atoms with Crippen LogP contribution in [-0.4, -0.2) is 35.4 Å². The molecule has 35 heavy (non-hydrogen) atoms. The number of amides is 2. The van der Waals surface area contributed by atoms with Crippen molar-refractivity contribution in [1.29, 1.82) is 0 Å². The maximum absolute atomic E-state index is 12.4. The normalized spacial score (nSPS) is 12.9. The Morgan fingerprint density at radius 2 is 0.743 bits per heavy atom. The minimum absolute atomic E-state index is 0.0558. The molecule has 0 rings (SSSR count). The van der Waals surface area contributed by atoms with Crippen LogP contribution in [0.25, 0.3) is 0 Å². The molecule has 0 spiro atoms. The average molecular weight is 513 g/mol. The summed E-state index contributed by atoms with van der Waals surface area (Å²) >= 11 is 1.46. The van der Waals surface area contributed by atoms with E-state index in [0.717, 1.165) is 25.9 Å². The Balaban J connectivity index is 3.60. The first-order valence-electron chi connectivity index (χ1n) is 15.2. The molecule has 0 saturated carbocycles. The van der Waals surface area contributed by atoms with Gasteiger partial charge in [0.05, 0.1) is 10.5 Å². The van der Waals surface area contributed by atoms with Gasteiger partial charge in [0.2, 0.25) is 11.8 Å². The Hall–Kier alpha value is -0.710. The van der Waals surface area contributed by atoms with Gasteiger partial charge in [-0.15, -0.1) is 11.8 Å². The second kappa shape index (κ2) is 26.4. The van der Waals surface area contributed by atoms with E-state index in [1.54, 1.807) is 0 Å². The number of unbranched alkanes of at least 4 members (excludes halogenated alkanes) is 18. The molecule has 0 aromatic carbocycles. The Labute approximate surface area is 223 Å². The monoisotopic (exact) mass is 512 g/mol. The number of rotatable bonds is 26. The molecule has 0 aromatic rings. The number of hydrogen-bond acceptors (Lipinski definition) is 3. The van der Waals surface area contributed by atoms with E-state index < -0.39 is 0 Å². The van der Waals surface area contributed by atoms with Crippen molar-refractivity contribution in [2.45, 2.75) is 167 Å². The van der Waals surface area contributed by atoms with Gasteiger partial charge in [0, 0.05) is 13.1 Å². The van der Waals surface area contributed by atoms with Crippen LogP contribution in [0.15, 0.2) is 0 Å². The summed E-state index contributed by atoms with van der Waals surface area (Å²) in [7, 11) is 0. The van der Waals surface area contributed by atoms with Crippen molar-refractivity contribution in [1.82, 2.24) is 10.6 Å². The molecule has 4 nitrogen and oxygen atoms in total. The molecule has 2 atom stereocenters. The van der Waals surface area contributed by atoms with Crippen LogP contribution < -0.4 is 10.6 Å². The fourth-order valence-corrected chi connectivity index (χ4v) is 5.39. The highest BCUT2D eigenvalue weighted by molar-refractivity contribution is 8.01. The highest BCUT2D eigenvalue weighted by Crippen LogP contribution is 2.18. The summed E-state index contributed by atoms with van der Waals surface area (Å²) in [6.07, 6.45) is 26.0. The van der Waals surface area contributed by atoms with Crippen LogP contribution in [-0.2, 0) is 9.59 Å². The van der Waals surface area contributed by atoms with E-state index in [-0.39, 0.29) is 22.3 Å². The predicted octanol–water partition coefficient (Wildman–Crippen LogP) is 8.57. The van der Waals surface area contributed by atoms with Crippen LogP contribution in [0.2, 0.25) is 0 Å². The van der Waals surface area contributed by atoms with Crippen molar-refractivity contribution < 1.29 is 9.59 Å². The molecule has 0 aliphatic rings. The molecule has 5 heteroatoms. The molecule has 208 valence electrons. The van der Waals surface area contributed by atoms with Gasteiger partial charge in [-0.05, 0) is 26.7 Å². The molecule has 0 bridgehead atoms. The van der Waals surface area contributed by atoms with Crippen LogP contribution in [0.1, 0.15) is 156 Å². The highest BCUT2D eigenvalue weighted by Gasteiger charge is 2.21. The topological polar surface area (TPSA) is 58.2 Å². The second-order valence-corrected chi connectivity index (χ2v) is 12.1. The SMILES string of the molecule is CCCCCCCCCCCCNC(=O)C(C)SC(C)C(=O)NCCCCCCCCCCCC. The lowest BCUT2D eigenvalue weighted by atomic mass is 10.1. The van der Waals surface area contributed by atoms with Crippen molar-refractivity contribution >= 4 is 23.6 Å². The van der Waals surface area contributed by atoms with E-state index in [9.17, 15) is 9.59 Å². The minimum atomic E-state index is -0.198. The third-order valence-corrected chi connectivity index (χ3v) is 8.05. The number of carbonyl (C=O) groups excluding carboxylic acids is 2. The van der Waals surface area contributed by atoms with E-state index >= 15 is 0 Å². The van der Waals surface area contributed by atoms with E-state index in [1.807, 2.05) is 13.8 Å². The molecule has 0 aliphatic heterocycles. The third-order valence-electron chi connectivity index (χ3n) is 6.81. The minimum Gasteiger partial charge on any atom is -0.355 e. The van der Waals surface area contributed by atoms with Gasteiger partial charge in [0.1, 0.15) is 0 Å². The van der Waals surface area contributed by atoms with Crippen molar-refractivity contribution in [2.24, 2.45) is 0 Å². The molecule has 2 N–H and O–H groups in total. The molecule has 0 saturated heterocycles. The van der Waals surface area contributed by atoms with E-state index in [2.05, 4.69) is 24.5 Å². The molecular formula is C30H60N2O2S. The number of nitrogens with one attached hydrogen (secondary N) is 2. The van der Waals surface area contributed by atoms with Gasteiger partial charge < -0.3 is 10.6 Å². The van der Waals surface area contributed by atoms with Gasteiger partial charge in [-0.25, -0.2) is 0 Å². The Morgan fingerprint density at radius 3 is 1.03 bits per heavy atom. The van der Waals surface area contributed by atoms with Gasteiger partial charge >= 0.3 is 0 Å². The lowest BCUT2D eigenvalue weighted by Crippen LogP contribution is -2.36. The first-order chi connectivity index (χ1) is 17.0. The lowest BCUT2D eigenvalue weighted by Gasteiger charge is -2.17. The fourth-order valence-electron chi connectivity index (χ4n) is 4.37. The summed E-state index contributed by atoms with van der Waals surface area (Å²) in [6.45, 7) is 9.83. The quantitative estimate of drug-likeness (QED) is 0.114. The molecular weight excluding hydrogens is 452 g/mol. The second-order valence-electron chi connectivity index (χ2n) is 10.4. The van der Waals surface area contributed by atoms with E-state index in [4.69, 9.17) is 0 Å². The van der Waals surface area contributed by atoms with Crippen LogP contribution in [0, 0.1) is 0 Å². The molecule has 0 aromatic heterocycles. The lowest BCUT2D eigenvalue weighted by molar-refractivity contribution is -0.120. The summed E-state index contributed by atoms with van der Waals surface area (Å²) in [5, 5.41) is 5.71. The van der Waals surface area contributed by atoms with E-state index in [1.165, 1.54) is 127 Å². The predicted molar refractivity (Wildman–Crippen MR) is 156 cm³/mol. The number of hydrogen-bond donors (Lipinski definition) is 2. The zero-order chi connectivity index (χ0) is 26.0. The van der Waals surface area contributed by atoms with Crippen LogP contribution in [0.5, 0.6) is 0 Å². The first-order valence-corrected chi connectivity index (χ1v) is 16.2.